The minimum absolute atomic E-state index is 0.180. The van der Waals surface area contributed by atoms with Gasteiger partial charge < -0.3 is 14.3 Å². The number of aromatic hydroxyl groups is 1. The summed E-state index contributed by atoms with van der Waals surface area (Å²) < 4.78 is 12.1. The maximum Gasteiger partial charge on any atom is 0.192 e. The fraction of sp³-hybridized carbons (Fsp3) is 0.739. The van der Waals surface area contributed by atoms with Crippen LogP contribution in [0.4, 0.5) is 0 Å². The van der Waals surface area contributed by atoms with Gasteiger partial charge in [0.15, 0.2) is 8.32 Å². The van der Waals surface area contributed by atoms with Gasteiger partial charge in [0.2, 0.25) is 0 Å². The van der Waals surface area contributed by atoms with E-state index in [1.165, 1.54) is 44.9 Å². The Morgan fingerprint density at radius 1 is 0.889 bits per heavy atom. The summed E-state index contributed by atoms with van der Waals surface area (Å²) in [6.45, 7) is 14.7. The third-order valence-electron chi connectivity index (χ3n) is 5.62. The van der Waals surface area contributed by atoms with E-state index in [0.29, 0.717) is 13.2 Å². The van der Waals surface area contributed by atoms with Crippen molar-refractivity contribution in [2.45, 2.75) is 104 Å². The Hall–Kier alpha value is -1.00. The lowest BCUT2D eigenvalue weighted by molar-refractivity contribution is 0.272. The summed E-state index contributed by atoms with van der Waals surface area (Å²) in [6, 6.07) is 5.47. The highest BCUT2D eigenvalue weighted by Gasteiger charge is 2.37. The molecule has 0 aliphatic heterocycles. The van der Waals surface area contributed by atoms with E-state index in [1.807, 2.05) is 6.07 Å². The van der Waals surface area contributed by atoms with E-state index in [2.05, 4.69) is 40.8 Å². The Balaban J connectivity index is 2.37. The molecule has 0 saturated heterocycles. The Labute approximate surface area is 168 Å². The van der Waals surface area contributed by atoms with E-state index < -0.39 is 8.32 Å². The van der Waals surface area contributed by atoms with Crippen LogP contribution in [0.15, 0.2) is 18.2 Å². The lowest BCUT2D eigenvalue weighted by Crippen LogP contribution is -2.40. The van der Waals surface area contributed by atoms with Crippen LogP contribution in [0.1, 0.15) is 84.6 Å². The smallest absolute Gasteiger partial charge is 0.192 e. The molecule has 1 aromatic rings. The van der Waals surface area contributed by atoms with E-state index in [1.54, 1.807) is 12.1 Å². The maximum absolute atomic E-state index is 10.0. The number of unbranched alkanes of at least 4 members (excludes halogenated alkanes) is 7. The monoisotopic (exact) mass is 394 g/mol. The Morgan fingerprint density at radius 3 is 2.07 bits per heavy atom. The fourth-order valence-corrected chi connectivity index (χ4v) is 3.68. The highest BCUT2D eigenvalue weighted by Crippen LogP contribution is 2.37. The van der Waals surface area contributed by atoms with Crippen LogP contribution in [0.5, 0.6) is 11.5 Å². The van der Waals surface area contributed by atoms with Crippen LogP contribution in [0, 0.1) is 0 Å². The summed E-state index contributed by atoms with van der Waals surface area (Å²) in [5.41, 5.74) is 0.978. The summed E-state index contributed by atoms with van der Waals surface area (Å²) in [4.78, 5) is 0. The van der Waals surface area contributed by atoms with Gasteiger partial charge >= 0.3 is 0 Å². The van der Waals surface area contributed by atoms with Gasteiger partial charge in [-0.15, -0.1) is 0 Å². The molecular formula is C23H42O3Si. The molecule has 0 spiro atoms. The summed E-state index contributed by atoms with van der Waals surface area (Å²) >= 11 is 0. The van der Waals surface area contributed by atoms with Crippen LogP contribution in [0.3, 0.4) is 0 Å². The normalized spacial score (nSPS) is 12.4. The molecule has 4 heteroatoms. The van der Waals surface area contributed by atoms with Gasteiger partial charge in [-0.25, -0.2) is 0 Å². The van der Waals surface area contributed by atoms with Crippen molar-refractivity contribution in [3.05, 3.63) is 23.8 Å². The Bertz CT molecular complexity index is 535. The molecule has 0 bridgehead atoms. The van der Waals surface area contributed by atoms with E-state index in [4.69, 9.17) is 9.16 Å². The van der Waals surface area contributed by atoms with Gasteiger partial charge in [0.05, 0.1) is 13.2 Å². The molecule has 0 radical (unpaired) electrons. The van der Waals surface area contributed by atoms with Gasteiger partial charge in [-0.2, -0.15) is 0 Å². The standard InChI is InChI=1S/C23H42O3Si/c1-7-8-9-10-11-12-13-14-15-25-22-17-20(16-21(24)18-22)19-26-27(5,6)23(2,3)4/h16-18,24H,7-15,19H2,1-6H3. The second-order valence-electron chi connectivity index (χ2n) is 9.21. The van der Waals surface area contributed by atoms with Crippen molar-refractivity contribution >= 4 is 8.32 Å². The van der Waals surface area contributed by atoms with E-state index in [0.717, 1.165) is 17.7 Å². The summed E-state index contributed by atoms with van der Waals surface area (Å²) in [7, 11) is -1.80. The van der Waals surface area contributed by atoms with Gasteiger partial charge in [-0.3, -0.25) is 0 Å². The van der Waals surface area contributed by atoms with E-state index >= 15 is 0 Å². The number of phenolic OH excluding ortho intramolecular Hbond substituents is 1. The van der Waals surface area contributed by atoms with Crippen molar-refractivity contribution in [3.63, 3.8) is 0 Å². The van der Waals surface area contributed by atoms with Gasteiger partial charge in [-0.1, -0.05) is 72.6 Å². The molecule has 0 fully saturated rings. The van der Waals surface area contributed by atoms with Gasteiger partial charge in [0.25, 0.3) is 0 Å². The average Bonchev–Trinajstić information content (AvgIpc) is 2.57. The van der Waals surface area contributed by atoms with E-state index in [9.17, 15) is 5.11 Å². The first-order valence-corrected chi connectivity index (χ1v) is 13.7. The van der Waals surface area contributed by atoms with Crippen LogP contribution in [0.2, 0.25) is 18.1 Å². The second-order valence-corrected chi connectivity index (χ2v) is 14.0. The zero-order chi connectivity index (χ0) is 20.3. The molecule has 1 rings (SSSR count). The molecular weight excluding hydrogens is 352 g/mol. The predicted octanol–water partition coefficient (Wildman–Crippen LogP) is 7.43. The summed E-state index contributed by atoms with van der Waals surface area (Å²) in [5.74, 6) is 0.990. The second kappa shape index (κ2) is 11.8. The zero-order valence-electron chi connectivity index (χ0n) is 18.6. The van der Waals surface area contributed by atoms with Crippen LogP contribution in [0.25, 0.3) is 0 Å². The molecule has 1 aromatic carbocycles. The predicted molar refractivity (Wildman–Crippen MR) is 118 cm³/mol. The SMILES string of the molecule is CCCCCCCCCCOc1cc(O)cc(CO[Si](C)(C)C(C)(C)C)c1. The third kappa shape index (κ3) is 9.66. The number of ether oxygens (including phenoxy) is 1. The maximum atomic E-state index is 10.0. The largest absolute Gasteiger partial charge is 0.508 e. The number of rotatable bonds is 13. The fourth-order valence-electron chi connectivity index (χ4n) is 2.72. The van der Waals surface area contributed by atoms with Crippen molar-refractivity contribution in [1.82, 2.24) is 0 Å². The number of hydrogen-bond donors (Lipinski definition) is 1. The molecule has 0 atom stereocenters. The minimum Gasteiger partial charge on any atom is -0.508 e. The Kier molecular flexibility index (Phi) is 10.5. The van der Waals surface area contributed by atoms with Crippen LogP contribution in [-0.2, 0) is 11.0 Å². The molecule has 156 valence electrons. The van der Waals surface area contributed by atoms with Crippen molar-refractivity contribution in [1.29, 1.82) is 0 Å². The first-order valence-electron chi connectivity index (χ1n) is 10.8. The highest BCUT2D eigenvalue weighted by atomic mass is 28.4. The number of hydrogen-bond acceptors (Lipinski definition) is 3. The van der Waals surface area contributed by atoms with Crippen molar-refractivity contribution in [2.75, 3.05) is 6.61 Å². The van der Waals surface area contributed by atoms with Crippen molar-refractivity contribution in [2.24, 2.45) is 0 Å². The van der Waals surface area contributed by atoms with Crippen LogP contribution < -0.4 is 4.74 Å². The zero-order valence-corrected chi connectivity index (χ0v) is 19.6. The summed E-state index contributed by atoms with van der Waals surface area (Å²) in [6.07, 6.45) is 10.3. The minimum atomic E-state index is -1.80. The topological polar surface area (TPSA) is 38.7 Å². The molecule has 0 amide bonds. The van der Waals surface area contributed by atoms with E-state index in [-0.39, 0.29) is 10.8 Å². The lowest BCUT2D eigenvalue weighted by atomic mass is 10.1. The number of benzene rings is 1. The highest BCUT2D eigenvalue weighted by molar-refractivity contribution is 6.74. The molecule has 0 aromatic heterocycles. The molecule has 3 nitrogen and oxygen atoms in total. The van der Waals surface area contributed by atoms with Crippen LogP contribution >= 0.6 is 0 Å². The molecule has 27 heavy (non-hydrogen) atoms. The Morgan fingerprint density at radius 2 is 1.48 bits per heavy atom. The molecule has 0 aliphatic rings. The molecule has 0 heterocycles. The first kappa shape index (κ1) is 24.0. The molecule has 0 aliphatic carbocycles. The molecule has 0 saturated carbocycles. The van der Waals surface area contributed by atoms with Gasteiger partial charge in [0, 0.05) is 6.07 Å². The van der Waals surface area contributed by atoms with Gasteiger partial charge in [0.1, 0.15) is 11.5 Å². The van der Waals surface area contributed by atoms with Gasteiger partial charge in [-0.05, 0) is 42.2 Å². The quantitative estimate of drug-likeness (QED) is 0.279. The first-order chi connectivity index (χ1) is 12.7. The third-order valence-corrected chi connectivity index (χ3v) is 10.1. The van der Waals surface area contributed by atoms with Crippen molar-refractivity contribution in [3.8, 4) is 11.5 Å². The molecule has 1 N–H and O–H groups in total. The average molecular weight is 395 g/mol. The number of phenols is 1. The van der Waals surface area contributed by atoms with Crippen molar-refractivity contribution < 1.29 is 14.3 Å². The van der Waals surface area contributed by atoms with Crippen LogP contribution in [-0.4, -0.2) is 20.0 Å². The molecule has 0 unspecified atom stereocenters. The summed E-state index contributed by atoms with van der Waals surface area (Å²) in [5, 5.41) is 10.2. The lowest BCUT2D eigenvalue weighted by Gasteiger charge is -2.36.